The number of nitrogens with one attached hydrogen (secondary N) is 1. The number of rotatable bonds is 5. The Hall–Kier alpha value is -2.79. The van der Waals surface area contributed by atoms with E-state index in [1.165, 1.54) is 31.2 Å². The van der Waals surface area contributed by atoms with Crippen molar-refractivity contribution in [3.8, 4) is 11.4 Å². The van der Waals surface area contributed by atoms with Crippen LogP contribution in [0.1, 0.15) is 36.9 Å². The molecule has 1 aliphatic carbocycles. The van der Waals surface area contributed by atoms with Crippen molar-refractivity contribution in [1.82, 2.24) is 15.0 Å². The molecule has 28 heavy (non-hydrogen) atoms. The molecule has 5 heteroatoms. The summed E-state index contributed by atoms with van der Waals surface area (Å²) < 4.78 is 1.15. The number of fused-ring (bicyclic) bond motifs is 1. The van der Waals surface area contributed by atoms with Gasteiger partial charge in [0.05, 0.1) is 10.2 Å². The van der Waals surface area contributed by atoms with Gasteiger partial charge in [-0.3, -0.25) is 4.98 Å². The largest absolute Gasteiger partial charge is 0.366 e. The van der Waals surface area contributed by atoms with Crippen molar-refractivity contribution in [2.45, 2.75) is 38.1 Å². The third kappa shape index (κ3) is 3.62. The highest BCUT2D eigenvalue weighted by molar-refractivity contribution is 7.17. The van der Waals surface area contributed by atoms with Crippen molar-refractivity contribution in [3.63, 3.8) is 0 Å². The monoisotopic (exact) mass is 386 g/mol. The lowest BCUT2D eigenvalue weighted by Crippen LogP contribution is -2.16. The topological polar surface area (TPSA) is 50.7 Å². The van der Waals surface area contributed by atoms with Crippen LogP contribution in [0.25, 0.3) is 21.6 Å². The molecule has 3 aromatic heterocycles. The predicted octanol–water partition coefficient (Wildman–Crippen LogP) is 5.70. The van der Waals surface area contributed by atoms with Crippen LogP contribution in [0.4, 0.5) is 5.82 Å². The molecule has 1 fully saturated rings. The van der Waals surface area contributed by atoms with Gasteiger partial charge in [-0.2, -0.15) is 0 Å². The number of pyridine rings is 1. The first-order valence-electron chi connectivity index (χ1n) is 9.86. The second-order valence-electron chi connectivity index (χ2n) is 7.35. The van der Waals surface area contributed by atoms with Crippen LogP contribution >= 0.6 is 11.3 Å². The first-order valence-corrected chi connectivity index (χ1v) is 10.7. The van der Waals surface area contributed by atoms with Gasteiger partial charge in [-0.05, 0) is 42.0 Å². The number of aromatic nitrogens is 3. The zero-order valence-electron chi connectivity index (χ0n) is 15.6. The highest BCUT2D eigenvalue weighted by Crippen LogP contribution is 2.31. The fourth-order valence-electron chi connectivity index (χ4n) is 3.87. The molecule has 5 rings (SSSR count). The Balaban J connectivity index is 1.49. The molecule has 0 aliphatic heterocycles. The van der Waals surface area contributed by atoms with E-state index in [-0.39, 0.29) is 0 Å². The summed E-state index contributed by atoms with van der Waals surface area (Å²) in [6.07, 6.45) is 7.72. The molecule has 140 valence electrons. The van der Waals surface area contributed by atoms with E-state index in [1.54, 1.807) is 11.3 Å². The second-order valence-corrected chi connectivity index (χ2v) is 8.27. The fourth-order valence-corrected chi connectivity index (χ4v) is 4.66. The molecule has 0 spiro atoms. The van der Waals surface area contributed by atoms with Gasteiger partial charge >= 0.3 is 0 Å². The molecule has 4 aromatic rings. The highest BCUT2D eigenvalue weighted by atomic mass is 32.1. The Morgan fingerprint density at radius 3 is 2.71 bits per heavy atom. The average Bonchev–Trinajstić information content (AvgIpc) is 3.41. The van der Waals surface area contributed by atoms with E-state index in [4.69, 9.17) is 9.97 Å². The third-order valence-corrected chi connectivity index (χ3v) is 6.21. The lowest BCUT2D eigenvalue weighted by atomic mass is 10.1. The molecular formula is C23H22N4S. The van der Waals surface area contributed by atoms with E-state index in [0.29, 0.717) is 6.04 Å². The van der Waals surface area contributed by atoms with Gasteiger partial charge in [0.2, 0.25) is 0 Å². The standard InChI is InChI=1S/C23H22N4S/c1-2-6-16(7-3-1)14-19-15-17(10-12-24-19)22-26-20-11-13-28-21(20)23(27-22)25-18-8-4-5-9-18/h1-3,6-7,10-13,15,18H,4-5,8-9,14H2,(H,25,26,27). The number of benzene rings is 1. The Bertz CT molecular complexity index is 1080. The normalized spacial score (nSPS) is 14.6. The Morgan fingerprint density at radius 1 is 1.00 bits per heavy atom. The van der Waals surface area contributed by atoms with Crippen LogP contribution in [0.5, 0.6) is 0 Å². The summed E-state index contributed by atoms with van der Waals surface area (Å²) >= 11 is 1.71. The van der Waals surface area contributed by atoms with Gasteiger partial charge in [-0.15, -0.1) is 11.3 Å². The fraction of sp³-hybridized carbons (Fsp3) is 0.261. The van der Waals surface area contributed by atoms with Gasteiger partial charge in [0.1, 0.15) is 5.82 Å². The number of anilines is 1. The summed E-state index contributed by atoms with van der Waals surface area (Å²) in [5.74, 6) is 1.74. The van der Waals surface area contributed by atoms with Crippen LogP contribution in [0.15, 0.2) is 60.1 Å². The average molecular weight is 387 g/mol. The highest BCUT2D eigenvalue weighted by Gasteiger charge is 2.18. The number of hydrogen-bond donors (Lipinski definition) is 1. The maximum absolute atomic E-state index is 4.92. The minimum Gasteiger partial charge on any atom is -0.366 e. The summed E-state index contributed by atoms with van der Waals surface area (Å²) in [4.78, 5) is 14.3. The maximum Gasteiger partial charge on any atom is 0.162 e. The number of thiophene rings is 1. The minimum atomic E-state index is 0.527. The van der Waals surface area contributed by atoms with Crippen molar-refractivity contribution in [2.24, 2.45) is 0 Å². The third-order valence-electron chi connectivity index (χ3n) is 5.30. The second kappa shape index (κ2) is 7.68. The lowest BCUT2D eigenvalue weighted by molar-refractivity contribution is 0.752. The molecule has 1 saturated carbocycles. The summed E-state index contributed by atoms with van der Waals surface area (Å²) in [5, 5.41) is 5.77. The van der Waals surface area contributed by atoms with Crippen molar-refractivity contribution in [2.75, 3.05) is 5.32 Å². The van der Waals surface area contributed by atoms with Gasteiger partial charge < -0.3 is 5.32 Å². The summed E-state index contributed by atoms with van der Waals surface area (Å²) in [6.45, 7) is 0. The summed E-state index contributed by atoms with van der Waals surface area (Å²) in [7, 11) is 0. The molecule has 0 unspecified atom stereocenters. The van der Waals surface area contributed by atoms with Gasteiger partial charge in [0, 0.05) is 29.9 Å². The van der Waals surface area contributed by atoms with E-state index in [1.807, 2.05) is 18.3 Å². The molecular weight excluding hydrogens is 364 g/mol. The van der Waals surface area contributed by atoms with Crippen molar-refractivity contribution >= 4 is 27.4 Å². The van der Waals surface area contributed by atoms with Crippen LogP contribution in [0.2, 0.25) is 0 Å². The maximum atomic E-state index is 4.92. The first-order chi connectivity index (χ1) is 13.8. The van der Waals surface area contributed by atoms with Crippen LogP contribution in [-0.4, -0.2) is 21.0 Å². The predicted molar refractivity (Wildman–Crippen MR) is 116 cm³/mol. The molecule has 3 heterocycles. The molecule has 1 aromatic carbocycles. The zero-order chi connectivity index (χ0) is 18.8. The van der Waals surface area contributed by atoms with Crippen molar-refractivity contribution < 1.29 is 0 Å². The zero-order valence-corrected chi connectivity index (χ0v) is 16.5. The van der Waals surface area contributed by atoms with Crippen LogP contribution in [0.3, 0.4) is 0 Å². The van der Waals surface area contributed by atoms with E-state index < -0.39 is 0 Å². The van der Waals surface area contributed by atoms with E-state index in [2.05, 4.69) is 52.1 Å². The van der Waals surface area contributed by atoms with E-state index in [9.17, 15) is 0 Å². The van der Waals surface area contributed by atoms with Crippen molar-refractivity contribution in [3.05, 3.63) is 71.4 Å². The summed E-state index contributed by atoms with van der Waals surface area (Å²) in [5.41, 5.74) is 4.31. The Morgan fingerprint density at radius 2 is 1.86 bits per heavy atom. The molecule has 0 radical (unpaired) electrons. The molecule has 1 N–H and O–H groups in total. The van der Waals surface area contributed by atoms with Gasteiger partial charge in [0.15, 0.2) is 5.82 Å². The van der Waals surface area contributed by atoms with Gasteiger partial charge in [0.25, 0.3) is 0 Å². The molecule has 0 bridgehead atoms. The molecule has 0 amide bonds. The Labute approximate surface area is 168 Å². The SMILES string of the molecule is c1ccc(Cc2cc(-c3nc(NC4CCCC4)c4sccc4n3)ccn2)cc1. The van der Waals surface area contributed by atoms with Crippen LogP contribution in [-0.2, 0) is 6.42 Å². The smallest absolute Gasteiger partial charge is 0.162 e. The van der Waals surface area contributed by atoms with Gasteiger partial charge in [-0.25, -0.2) is 9.97 Å². The molecule has 1 aliphatic rings. The quantitative estimate of drug-likeness (QED) is 0.478. The molecule has 0 atom stereocenters. The molecule has 4 nitrogen and oxygen atoms in total. The number of hydrogen-bond acceptors (Lipinski definition) is 5. The van der Waals surface area contributed by atoms with Gasteiger partial charge in [-0.1, -0.05) is 43.2 Å². The lowest BCUT2D eigenvalue weighted by Gasteiger charge is -2.14. The van der Waals surface area contributed by atoms with Crippen LogP contribution in [0, 0.1) is 0 Å². The number of nitrogens with zero attached hydrogens (tertiary/aromatic N) is 3. The van der Waals surface area contributed by atoms with E-state index >= 15 is 0 Å². The summed E-state index contributed by atoms with van der Waals surface area (Å²) in [6, 6.07) is 17.1. The minimum absolute atomic E-state index is 0.527. The molecule has 0 saturated heterocycles. The van der Waals surface area contributed by atoms with Crippen LogP contribution < -0.4 is 5.32 Å². The Kier molecular flexibility index (Phi) is 4.75. The van der Waals surface area contributed by atoms with E-state index in [0.717, 1.165) is 39.5 Å². The first kappa shape index (κ1) is 17.3. The van der Waals surface area contributed by atoms with Crippen molar-refractivity contribution in [1.29, 1.82) is 0 Å².